The number of methoxy groups -OCH3 is 2. The van der Waals surface area contributed by atoms with Crippen LogP contribution in [0, 0.1) is 0 Å². The lowest BCUT2D eigenvalue weighted by molar-refractivity contribution is -0.148. The molecule has 0 saturated carbocycles. The minimum Gasteiger partial charge on any atom is -0.489 e. The number of ketones is 1. The molecule has 26 heavy (non-hydrogen) atoms. The van der Waals surface area contributed by atoms with Crippen molar-refractivity contribution in [2.24, 2.45) is 0 Å². The number of Topliss-reactive ketones (excluding diaryl/α,β-unsaturated/α-hetero) is 1. The third-order valence-electron chi connectivity index (χ3n) is 4.69. The predicted octanol–water partition coefficient (Wildman–Crippen LogP) is 2.38. The zero-order chi connectivity index (χ0) is 18.5. The summed E-state index contributed by atoms with van der Waals surface area (Å²) in [5, 5.41) is 0. The first kappa shape index (κ1) is 16.1. The first-order chi connectivity index (χ1) is 12.6. The molecule has 6 heteroatoms. The van der Waals surface area contributed by atoms with Crippen LogP contribution >= 0.6 is 0 Å². The van der Waals surface area contributed by atoms with E-state index in [1.165, 1.54) is 14.2 Å². The van der Waals surface area contributed by atoms with Gasteiger partial charge in [0.1, 0.15) is 5.57 Å². The van der Waals surface area contributed by atoms with Crippen molar-refractivity contribution in [1.82, 2.24) is 0 Å². The number of fused-ring (bicyclic) bond motifs is 4. The number of hydrogen-bond donors (Lipinski definition) is 0. The van der Waals surface area contributed by atoms with Crippen LogP contribution in [0.4, 0.5) is 0 Å². The van der Waals surface area contributed by atoms with Gasteiger partial charge in [-0.05, 0) is 11.1 Å². The highest BCUT2D eigenvalue weighted by Gasteiger charge is 2.61. The Bertz CT molecular complexity index is 1000. The van der Waals surface area contributed by atoms with Crippen LogP contribution < -0.4 is 0 Å². The summed E-state index contributed by atoms with van der Waals surface area (Å²) in [5.41, 5.74) is 0.0290. The second-order valence-corrected chi connectivity index (χ2v) is 5.89. The van der Waals surface area contributed by atoms with Gasteiger partial charge in [-0.1, -0.05) is 48.5 Å². The Hall–Kier alpha value is -3.41. The van der Waals surface area contributed by atoms with Gasteiger partial charge >= 0.3 is 11.9 Å². The smallest absolute Gasteiger partial charge is 0.376 e. The quantitative estimate of drug-likeness (QED) is 0.774. The van der Waals surface area contributed by atoms with Crippen molar-refractivity contribution in [2.45, 2.75) is 5.60 Å². The fourth-order valence-corrected chi connectivity index (χ4v) is 3.62. The molecule has 2 aliphatic rings. The number of carbonyl (C=O) groups excluding carboxylic acids is 3. The Morgan fingerprint density at radius 2 is 1.54 bits per heavy atom. The van der Waals surface area contributed by atoms with E-state index in [4.69, 9.17) is 14.2 Å². The van der Waals surface area contributed by atoms with E-state index in [0.717, 1.165) is 0 Å². The normalized spacial score (nSPS) is 20.5. The number of ether oxygens (including phenoxy) is 3. The van der Waals surface area contributed by atoms with Crippen molar-refractivity contribution in [3.8, 4) is 11.1 Å². The maximum atomic E-state index is 13.5. The van der Waals surface area contributed by atoms with Crippen molar-refractivity contribution in [3.63, 3.8) is 0 Å². The molecule has 0 amide bonds. The second-order valence-electron chi connectivity index (χ2n) is 5.89. The lowest BCUT2D eigenvalue weighted by Gasteiger charge is -2.34. The zero-order valence-corrected chi connectivity index (χ0v) is 14.1. The molecule has 2 aromatic carbocycles. The summed E-state index contributed by atoms with van der Waals surface area (Å²) in [6.07, 6.45) is 0. The van der Waals surface area contributed by atoms with E-state index < -0.39 is 23.3 Å². The zero-order valence-electron chi connectivity index (χ0n) is 14.1. The fourth-order valence-electron chi connectivity index (χ4n) is 3.62. The Balaban J connectivity index is 2.12. The molecule has 1 spiro atoms. The van der Waals surface area contributed by atoms with E-state index in [0.29, 0.717) is 22.3 Å². The van der Waals surface area contributed by atoms with Crippen LogP contribution in [-0.4, -0.2) is 31.9 Å². The van der Waals surface area contributed by atoms with Crippen LogP contribution in [0.2, 0.25) is 0 Å². The topological polar surface area (TPSA) is 78.9 Å². The molecule has 1 heterocycles. The van der Waals surface area contributed by atoms with Gasteiger partial charge in [-0.2, -0.15) is 0 Å². The Morgan fingerprint density at radius 3 is 2.19 bits per heavy atom. The van der Waals surface area contributed by atoms with E-state index in [1.54, 1.807) is 24.3 Å². The lowest BCUT2D eigenvalue weighted by atomic mass is 9.71. The highest BCUT2D eigenvalue weighted by molar-refractivity contribution is 6.21. The van der Waals surface area contributed by atoms with Gasteiger partial charge in [0.15, 0.2) is 0 Å². The Morgan fingerprint density at radius 1 is 0.923 bits per heavy atom. The van der Waals surface area contributed by atoms with Crippen molar-refractivity contribution in [1.29, 1.82) is 0 Å². The minimum atomic E-state index is -1.92. The third-order valence-corrected chi connectivity index (χ3v) is 4.69. The summed E-state index contributed by atoms with van der Waals surface area (Å²) in [6.45, 7) is 0. The molecule has 4 rings (SSSR count). The van der Waals surface area contributed by atoms with E-state index >= 15 is 0 Å². The van der Waals surface area contributed by atoms with Crippen molar-refractivity contribution >= 4 is 17.7 Å². The van der Waals surface area contributed by atoms with Crippen molar-refractivity contribution in [3.05, 3.63) is 71.0 Å². The van der Waals surface area contributed by atoms with E-state index in [1.807, 2.05) is 24.3 Å². The molecule has 1 aliphatic carbocycles. The maximum Gasteiger partial charge on any atom is 0.376 e. The number of carbonyl (C=O) groups is 3. The molecular weight excluding hydrogens is 336 g/mol. The van der Waals surface area contributed by atoms with Crippen LogP contribution in [0.1, 0.15) is 15.9 Å². The maximum absolute atomic E-state index is 13.5. The molecule has 6 nitrogen and oxygen atoms in total. The van der Waals surface area contributed by atoms with Gasteiger partial charge in [-0.25, -0.2) is 9.59 Å². The molecular formula is C20H14O6. The standard InChI is InChI=1S/C20H14O6/c1-24-16-15(18(22)25-2)20(26-19(16)23)14-10-6-5-8-12(14)11-7-3-4-9-13(11)17(20)21/h3-10H,1-2H3. The molecule has 0 N–H and O–H groups in total. The summed E-state index contributed by atoms with van der Waals surface area (Å²) >= 11 is 0. The van der Waals surface area contributed by atoms with Crippen LogP contribution in [0.3, 0.4) is 0 Å². The average molecular weight is 350 g/mol. The van der Waals surface area contributed by atoms with Crippen LogP contribution in [0.25, 0.3) is 11.1 Å². The van der Waals surface area contributed by atoms with Gasteiger partial charge in [0.25, 0.3) is 0 Å². The number of hydrogen-bond acceptors (Lipinski definition) is 6. The summed E-state index contributed by atoms with van der Waals surface area (Å²) in [7, 11) is 2.41. The molecule has 0 aromatic heterocycles. The first-order valence-electron chi connectivity index (χ1n) is 7.90. The molecule has 0 fully saturated rings. The largest absolute Gasteiger partial charge is 0.489 e. The van der Waals surface area contributed by atoms with E-state index in [-0.39, 0.29) is 11.3 Å². The average Bonchev–Trinajstić information content (AvgIpc) is 2.98. The molecule has 130 valence electrons. The second kappa shape index (κ2) is 5.56. The monoisotopic (exact) mass is 350 g/mol. The fraction of sp³-hybridized carbons (Fsp3) is 0.150. The Kier molecular flexibility index (Phi) is 3.44. The molecule has 0 bridgehead atoms. The van der Waals surface area contributed by atoms with Gasteiger partial charge in [-0.3, -0.25) is 4.79 Å². The van der Waals surface area contributed by atoms with Gasteiger partial charge < -0.3 is 14.2 Å². The van der Waals surface area contributed by atoms with Crippen LogP contribution in [0.5, 0.6) is 0 Å². The van der Waals surface area contributed by atoms with Crippen molar-refractivity contribution < 1.29 is 28.6 Å². The number of benzene rings is 2. The van der Waals surface area contributed by atoms with Crippen LogP contribution in [-0.2, 0) is 29.4 Å². The van der Waals surface area contributed by atoms with E-state index in [2.05, 4.69) is 0 Å². The molecule has 1 atom stereocenters. The molecule has 0 radical (unpaired) electrons. The minimum absolute atomic E-state index is 0.237. The Labute approximate surface area is 149 Å². The van der Waals surface area contributed by atoms with Gasteiger partial charge in [-0.15, -0.1) is 0 Å². The third kappa shape index (κ3) is 1.84. The molecule has 2 aromatic rings. The molecule has 1 unspecified atom stereocenters. The van der Waals surface area contributed by atoms with Gasteiger partial charge in [0.05, 0.1) is 14.2 Å². The summed E-state index contributed by atoms with van der Waals surface area (Å²) < 4.78 is 15.5. The van der Waals surface area contributed by atoms with Crippen LogP contribution in [0.15, 0.2) is 59.9 Å². The number of esters is 2. The van der Waals surface area contributed by atoms with Gasteiger partial charge in [0.2, 0.25) is 17.1 Å². The summed E-state index contributed by atoms with van der Waals surface area (Å²) in [4.78, 5) is 38.4. The van der Waals surface area contributed by atoms with E-state index in [9.17, 15) is 14.4 Å². The highest BCUT2D eigenvalue weighted by Crippen LogP contribution is 2.51. The number of rotatable bonds is 2. The summed E-state index contributed by atoms with van der Waals surface area (Å²) in [5.74, 6) is -2.56. The SMILES string of the molecule is COC(=O)C1=C(OC)C(=O)OC12C(=O)c1ccccc1-c1ccccc12. The molecule has 0 saturated heterocycles. The van der Waals surface area contributed by atoms with Gasteiger partial charge in [0, 0.05) is 11.1 Å². The molecule has 1 aliphatic heterocycles. The predicted molar refractivity (Wildman–Crippen MR) is 90.0 cm³/mol. The first-order valence-corrected chi connectivity index (χ1v) is 7.90. The summed E-state index contributed by atoms with van der Waals surface area (Å²) in [6, 6.07) is 14.0. The van der Waals surface area contributed by atoms with Crippen molar-refractivity contribution in [2.75, 3.05) is 14.2 Å². The highest BCUT2D eigenvalue weighted by atomic mass is 16.6. The lowest BCUT2D eigenvalue weighted by Crippen LogP contribution is -2.44.